The summed E-state index contributed by atoms with van der Waals surface area (Å²) in [5.41, 5.74) is -0.886. The summed E-state index contributed by atoms with van der Waals surface area (Å²) < 4.78 is 0. The van der Waals surface area contributed by atoms with Gasteiger partial charge in [-0.1, -0.05) is 13.8 Å². The van der Waals surface area contributed by atoms with Gasteiger partial charge in [-0.3, -0.25) is 4.79 Å². The first-order chi connectivity index (χ1) is 9.20. The van der Waals surface area contributed by atoms with E-state index in [4.69, 9.17) is 0 Å². The Labute approximate surface area is 120 Å². The average Bonchev–Trinajstić information content (AvgIpc) is 2.92. The van der Waals surface area contributed by atoms with E-state index in [0.717, 1.165) is 19.4 Å². The molecule has 0 radical (unpaired) electrons. The van der Waals surface area contributed by atoms with E-state index in [0.29, 0.717) is 19.5 Å². The molecule has 114 valence electrons. The molecule has 0 bridgehead atoms. The Hall–Kier alpha value is -1.26. The lowest BCUT2D eigenvalue weighted by molar-refractivity contribution is -0.150. The predicted octanol–water partition coefficient (Wildman–Crippen LogP) is 2.41. The van der Waals surface area contributed by atoms with Gasteiger partial charge in [-0.15, -0.1) is 0 Å². The summed E-state index contributed by atoms with van der Waals surface area (Å²) in [6.45, 7) is 9.71. The second-order valence-electron chi connectivity index (χ2n) is 7.14. The maximum atomic E-state index is 12.7. The molecule has 5 heteroatoms. The van der Waals surface area contributed by atoms with E-state index >= 15 is 0 Å². The largest absolute Gasteiger partial charge is 0.481 e. The topological polar surface area (TPSA) is 60.9 Å². The fourth-order valence-electron chi connectivity index (χ4n) is 3.52. The first kappa shape index (κ1) is 15.1. The highest BCUT2D eigenvalue weighted by atomic mass is 16.4. The van der Waals surface area contributed by atoms with Gasteiger partial charge in [0.05, 0.1) is 5.41 Å². The summed E-state index contributed by atoms with van der Waals surface area (Å²) in [4.78, 5) is 27.9. The third-order valence-electron chi connectivity index (χ3n) is 5.23. The van der Waals surface area contributed by atoms with Crippen molar-refractivity contribution in [2.24, 2.45) is 11.3 Å². The zero-order chi connectivity index (χ0) is 15.1. The number of urea groups is 1. The number of aliphatic carboxylic acids is 1. The monoisotopic (exact) mass is 282 g/mol. The van der Waals surface area contributed by atoms with Gasteiger partial charge in [0.25, 0.3) is 0 Å². The first-order valence-electron chi connectivity index (χ1n) is 7.51. The molecule has 20 heavy (non-hydrogen) atoms. The van der Waals surface area contributed by atoms with Crippen LogP contribution >= 0.6 is 0 Å². The Bertz CT molecular complexity index is 419. The number of hydrogen-bond acceptors (Lipinski definition) is 2. The zero-order valence-corrected chi connectivity index (χ0v) is 13.0. The van der Waals surface area contributed by atoms with Crippen LogP contribution in [0, 0.1) is 11.3 Å². The van der Waals surface area contributed by atoms with E-state index in [1.54, 1.807) is 4.90 Å². The predicted molar refractivity (Wildman–Crippen MR) is 76.5 cm³/mol. The second kappa shape index (κ2) is 4.93. The molecule has 1 N–H and O–H groups in total. The summed E-state index contributed by atoms with van der Waals surface area (Å²) >= 11 is 0. The molecule has 2 aliphatic rings. The van der Waals surface area contributed by atoms with Crippen LogP contribution in [0.2, 0.25) is 0 Å². The van der Waals surface area contributed by atoms with Gasteiger partial charge in [0.1, 0.15) is 0 Å². The van der Waals surface area contributed by atoms with Gasteiger partial charge in [0.15, 0.2) is 0 Å². The lowest BCUT2D eigenvalue weighted by Gasteiger charge is -2.36. The SMILES string of the molecule is CC(C)C1(C(=O)O)CCN(C(=O)N2CCCC2(C)C)C1. The van der Waals surface area contributed by atoms with Crippen molar-refractivity contribution in [1.29, 1.82) is 0 Å². The maximum Gasteiger partial charge on any atom is 0.320 e. The lowest BCUT2D eigenvalue weighted by Crippen LogP contribution is -2.50. The van der Waals surface area contributed by atoms with Crippen LogP contribution in [0.3, 0.4) is 0 Å². The van der Waals surface area contributed by atoms with Crippen LogP contribution in [-0.4, -0.2) is 52.1 Å². The van der Waals surface area contributed by atoms with Gasteiger partial charge >= 0.3 is 12.0 Å². The van der Waals surface area contributed by atoms with Gasteiger partial charge in [-0.2, -0.15) is 0 Å². The van der Waals surface area contributed by atoms with Gasteiger partial charge in [-0.05, 0) is 39.0 Å². The highest BCUT2D eigenvalue weighted by Crippen LogP contribution is 2.39. The van der Waals surface area contributed by atoms with Crippen molar-refractivity contribution in [2.45, 2.75) is 52.5 Å². The molecule has 0 aromatic rings. The fourth-order valence-corrected chi connectivity index (χ4v) is 3.52. The number of hydrogen-bond donors (Lipinski definition) is 1. The number of carbonyl (C=O) groups excluding carboxylic acids is 1. The Morgan fingerprint density at radius 3 is 2.20 bits per heavy atom. The van der Waals surface area contributed by atoms with Gasteiger partial charge < -0.3 is 14.9 Å². The van der Waals surface area contributed by atoms with Crippen molar-refractivity contribution in [3.8, 4) is 0 Å². The molecular formula is C15H26N2O3. The quantitative estimate of drug-likeness (QED) is 0.846. The summed E-state index contributed by atoms with van der Waals surface area (Å²) in [5.74, 6) is -0.743. The normalized spacial score (nSPS) is 29.2. The van der Waals surface area contributed by atoms with Gasteiger partial charge in [-0.25, -0.2) is 4.79 Å². The van der Waals surface area contributed by atoms with E-state index in [1.165, 1.54) is 0 Å². The summed E-state index contributed by atoms with van der Waals surface area (Å²) in [5, 5.41) is 9.55. The lowest BCUT2D eigenvalue weighted by atomic mass is 9.76. The minimum absolute atomic E-state index is 0.0104. The summed E-state index contributed by atoms with van der Waals surface area (Å²) in [6.07, 6.45) is 2.60. The number of rotatable bonds is 2. The third kappa shape index (κ3) is 2.27. The Morgan fingerprint density at radius 1 is 1.15 bits per heavy atom. The number of carboxylic acids is 1. The number of carboxylic acid groups (broad SMARTS) is 1. The molecule has 2 saturated heterocycles. The van der Waals surface area contributed by atoms with Crippen molar-refractivity contribution < 1.29 is 14.7 Å². The van der Waals surface area contributed by atoms with E-state index in [1.807, 2.05) is 18.7 Å². The molecule has 5 nitrogen and oxygen atoms in total. The van der Waals surface area contributed by atoms with Crippen LogP contribution in [0.5, 0.6) is 0 Å². The molecule has 0 aliphatic carbocycles. The molecule has 0 aromatic heterocycles. The van der Waals surface area contributed by atoms with Crippen molar-refractivity contribution >= 4 is 12.0 Å². The molecule has 1 atom stereocenters. The highest BCUT2D eigenvalue weighted by molar-refractivity contribution is 5.80. The smallest absolute Gasteiger partial charge is 0.320 e. The molecule has 2 rings (SSSR count). The van der Waals surface area contributed by atoms with E-state index in [2.05, 4.69) is 13.8 Å². The summed E-state index contributed by atoms with van der Waals surface area (Å²) in [6, 6.07) is 0.0104. The van der Waals surface area contributed by atoms with Crippen molar-refractivity contribution in [3.63, 3.8) is 0 Å². The van der Waals surface area contributed by atoms with Crippen molar-refractivity contribution in [2.75, 3.05) is 19.6 Å². The third-order valence-corrected chi connectivity index (χ3v) is 5.23. The maximum absolute atomic E-state index is 12.7. The number of nitrogens with zero attached hydrogens (tertiary/aromatic N) is 2. The highest BCUT2D eigenvalue weighted by Gasteiger charge is 2.50. The molecule has 0 aromatic carbocycles. The molecule has 2 amide bonds. The van der Waals surface area contributed by atoms with E-state index < -0.39 is 11.4 Å². The molecule has 2 fully saturated rings. The second-order valence-corrected chi connectivity index (χ2v) is 7.14. The average molecular weight is 282 g/mol. The fraction of sp³-hybridized carbons (Fsp3) is 0.867. The molecular weight excluding hydrogens is 256 g/mol. The Kier molecular flexibility index (Phi) is 3.73. The van der Waals surface area contributed by atoms with E-state index in [-0.39, 0.29) is 17.5 Å². The van der Waals surface area contributed by atoms with Crippen LogP contribution in [0.1, 0.15) is 47.0 Å². The van der Waals surface area contributed by atoms with Crippen molar-refractivity contribution in [1.82, 2.24) is 9.80 Å². The first-order valence-corrected chi connectivity index (χ1v) is 7.51. The number of likely N-dealkylation sites (tertiary alicyclic amines) is 2. The van der Waals surface area contributed by atoms with Crippen LogP contribution in [0.15, 0.2) is 0 Å². The molecule has 0 saturated carbocycles. The van der Waals surface area contributed by atoms with Crippen LogP contribution in [0.4, 0.5) is 4.79 Å². The molecule has 2 aliphatic heterocycles. The standard InChI is InChI=1S/C15H26N2O3/c1-11(2)15(12(18)19)7-9-16(10-15)13(20)17-8-5-6-14(17,3)4/h11H,5-10H2,1-4H3,(H,18,19). The van der Waals surface area contributed by atoms with Crippen LogP contribution < -0.4 is 0 Å². The van der Waals surface area contributed by atoms with E-state index in [9.17, 15) is 14.7 Å². The van der Waals surface area contributed by atoms with Crippen molar-refractivity contribution in [3.05, 3.63) is 0 Å². The molecule has 2 heterocycles. The number of amides is 2. The molecule has 0 spiro atoms. The minimum Gasteiger partial charge on any atom is -0.481 e. The van der Waals surface area contributed by atoms with Crippen LogP contribution in [0.25, 0.3) is 0 Å². The van der Waals surface area contributed by atoms with Gasteiger partial charge in [0.2, 0.25) is 0 Å². The van der Waals surface area contributed by atoms with Gasteiger partial charge in [0, 0.05) is 25.2 Å². The Balaban J connectivity index is 2.13. The summed E-state index contributed by atoms with van der Waals surface area (Å²) in [7, 11) is 0. The van der Waals surface area contributed by atoms with Crippen LogP contribution in [-0.2, 0) is 4.79 Å². The number of carbonyl (C=O) groups is 2. The zero-order valence-electron chi connectivity index (χ0n) is 13.0. The Morgan fingerprint density at radius 2 is 1.80 bits per heavy atom. The molecule has 1 unspecified atom stereocenters. The minimum atomic E-state index is -0.778.